The lowest BCUT2D eigenvalue weighted by atomic mass is 9.97. The number of nitrogens with one attached hydrogen (secondary N) is 2. The van der Waals surface area contributed by atoms with Gasteiger partial charge in [0.25, 0.3) is 0 Å². The summed E-state index contributed by atoms with van der Waals surface area (Å²) in [6, 6.07) is 8.45. The van der Waals surface area contributed by atoms with Crippen LogP contribution in [-0.2, 0) is 11.2 Å². The smallest absolute Gasteiger partial charge is 0.341 e. The molecular formula is C22H27N5O2. The van der Waals surface area contributed by atoms with Gasteiger partial charge >= 0.3 is 5.97 Å². The number of aromatic amines is 1. The van der Waals surface area contributed by atoms with Gasteiger partial charge in [-0.2, -0.15) is 0 Å². The molecule has 2 N–H and O–H groups in total. The molecule has 1 saturated heterocycles. The monoisotopic (exact) mass is 393 g/mol. The minimum Gasteiger partial charge on any atom is -0.465 e. The van der Waals surface area contributed by atoms with Crippen LogP contribution in [0.2, 0.25) is 0 Å². The zero-order valence-corrected chi connectivity index (χ0v) is 16.7. The lowest BCUT2D eigenvalue weighted by molar-refractivity contribution is 0.0600. The SMILES string of the molecule is COC(=O)c1cnc(N2CCC(CNCCc3c[nH]c4ccccc34)CC2)nc1. The fourth-order valence-corrected chi connectivity index (χ4v) is 3.91. The maximum atomic E-state index is 11.5. The van der Waals surface area contributed by atoms with Crippen LogP contribution in [0.3, 0.4) is 0 Å². The summed E-state index contributed by atoms with van der Waals surface area (Å²) >= 11 is 0. The Bertz CT molecular complexity index is 945. The predicted molar refractivity (Wildman–Crippen MR) is 113 cm³/mol. The number of fused-ring (bicyclic) bond motifs is 1. The van der Waals surface area contributed by atoms with Gasteiger partial charge in [0.2, 0.25) is 5.95 Å². The third kappa shape index (κ3) is 4.56. The second-order valence-corrected chi connectivity index (χ2v) is 7.51. The third-order valence-electron chi connectivity index (χ3n) is 5.64. The first-order valence-electron chi connectivity index (χ1n) is 10.2. The molecule has 4 rings (SSSR count). The highest BCUT2D eigenvalue weighted by molar-refractivity contribution is 5.88. The maximum absolute atomic E-state index is 11.5. The van der Waals surface area contributed by atoms with Gasteiger partial charge < -0.3 is 19.9 Å². The third-order valence-corrected chi connectivity index (χ3v) is 5.64. The van der Waals surface area contributed by atoms with Gasteiger partial charge in [0.1, 0.15) is 0 Å². The van der Waals surface area contributed by atoms with Gasteiger partial charge in [0.15, 0.2) is 0 Å². The fraction of sp³-hybridized carbons (Fsp3) is 0.409. The standard InChI is InChI=1S/C22H27N5O2/c1-29-21(28)18-14-25-22(26-15-18)27-10-7-16(8-11-27)12-23-9-6-17-13-24-20-5-3-2-4-19(17)20/h2-5,13-16,23-24H,6-12H2,1H3. The number of benzene rings is 1. The number of nitrogens with zero attached hydrogens (tertiary/aromatic N) is 3. The van der Waals surface area contributed by atoms with Gasteiger partial charge in [-0.25, -0.2) is 14.8 Å². The first-order valence-corrected chi connectivity index (χ1v) is 10.2. The lowest BCUT2D eigenvalue weighted by Gasteiger charge is -2.32. The Kier molecular flexibility index (Phi) is 6.05. The topological polar surface area (TPSA) is 83.1 Å². The Labute approximate surface area is 170 Å². The average Bonchev–Trinajstić information content (AvgIpc) is 3.20. The molecule has 3 aromatic rings. The Hall–Kier alpha value is -2.93. The van der Waals surface area contributed by atoms with Crippen LogP contribution in [0.15, 0.2) is 42.9 Å². The van der Waals surface area contributed by atoms with Gasteiger partial charge in [-0.15, -0.1) is 0 Å². The van der Waals surface area contributed by atoms with E-state index in [1.54, 1.807) is 0 Å². The van der Waals surface area contributed by atoms with Gasteiger partial charge in [-0.1, -0.05) is 18.2 Å². The highest BCUT2D eigenvalue weighted by Gasteiger charge is 2.21. The second-order valence-electron chi connectivity index (χ2n) is 7.51. The molecule has 1 fully saturated rings. The molecule has 3 heterocycles. The van der Waals surface area contributed by atoms with E-state index in [0.29, 0.717) is 17.4 Å². The van der Waals surface area contributed by atoms with Crippen molar-refractivity contribution in [3.05, 3.63) is 54.0 Å². The maximum Gasteiger partial charge on any atom is 0.341 e. The Morgan fingerprint density at radius 3 is 2.76 bits per heavy atom. The molecule has 0 aliphatic carbocycles. The molecule has 1 aromatic carbocycles. The molecule has 29 heavy (non-hydrogen) atoms. The van der Waals surface area contributed by atoms with Gasteiger partial charge in [-0.3, -0.25) is 0 Å². The average molecular weight is 393 g/mol. The van der Waals surface area contributed by atoms with Crippen molar-refractivity contribution in [3.63, 3.8) is 0 Å². The number of carbonyl (C=O) groups is 1. The molecule has 1 aliphatic rings. The van der Waals surface area contributed by atoms with Crippen molar-refractivity contribution in [2.75, 3.05) is 38.2 Å². The molecule has 0 unspecified atom stereocenters. The number of piperidine rings is 1. The van der Waals surface area contributed by atoms with Gasteiger partial charge in [0, 0.05) is 42.6 Å². The Balaban J connectivity index is 1.19. The van der Waals surface area contributed by atoms with Crippen LogP contribution in [0, 0.1) is 5.92 Å². The van der Waals surface area contributed by atoms with E-state index in [1.807, 2.05) is 0 Å². The van der Waals surface area contributed by atoms with E-state index in [2.05, 4.69) is 60.4 Å². The minimum atomic E-state index is -0.408. The molecule has 0 bridgehead atoms. The van der Waals surface area contributed by atoms with Crippen LogP contribution in [-0.4, -0.2) is 54.2 Å². The van der Waals surface area contributed by atoms with Crippen LogP contribution in [0.1, 0.15) is 28.8 Å². The molecule has 152 valence electrons. The van der Waals surface area contributed by atoms with E-state index in [1.165, 1.54) is 36.0 Å². The summed E-state index contributed by atoms with van der Waals surface area (Å²) < 4.78 is 4.69. The molecular weight excluding hydrogens is 366 g/mol. The number of aromatic nitrogens is 3. The highest BCUT2D eigenvalue weighted by Crippen LogP contribution is 2.21. The molecule has 7 heteroatoms. The number of methoxy groups -OCH3 is 1. The molecule has 0 spiro atoms. The molecule has 1 aliphatic heterocycles. The van der Waals surface area contributed by atoms with E-state index in [0.717, 1.165) is 45.4 Å². The largest absolute Gasteiger partial charge is 0.465 e. The minimum absolute atomic E-state index is 0.380. The fourth-order valence-electron chi connectivity index (χ4n) is 3.91. The van der Waals surface area contributed by atoms with E-state index in [-0.39, 0.29) is 0 Å². The highest BCUT2D eigenvalue weighted by atomic mass is 16.5. The van der Waals surface area contributed by atoms with Crippen LogP contribution in [0.25, 0.3) is 10.9 Å². The number of hydrogen-bond donors (Lipinski definition) is 2. The normalized spacial score (nSPS) is 15.0. The van der Waals surface area contributed by atoms with Crippen molar-refractivity contribution in [1.29, 1.82) is 0 Å². The number of para-hydroxylation sites is 1. The number of ether oxygens (including phenoxy) is 1. The van der Waals surface area contributed by atoms with Crippen LogP contribution in [0.5, 0.6) is 0 Å². The van der Waals surface area contributed by atoms with Crippen LogP contribution < -0.4 is 10.2 Å². The van der Waals surface area contributed by atoms with Crippen molar-refractivity contribution in [3.8, 4) is 0 Å². The Morgan fingerprint density at radius 1 is 1.24 bits per heavy atom. The summed E-state index contributed by atoms with van der Waals surface area (Å²) in [6.45, 7) is 3.90. The van der Waals surface area contributed by atoms with E-state index < -0.39 is 5.97 Å². The summed E-state index contributed by atoms with van der Waals surface area (Å²) in [5.41, 5.74) is 2.96. The molecule has 0 atom stereocenters. The predicted octanol–water partition coefficient (Wildman–Crippen LogP) is 2.79. The summed E-state index contributed by atoms with van der Waals surface area (Å²) in [4.78, 5) is 25.7. The van der Waals surface area contributed by atoms with Crippen molar-refractivity contribution in [2.45, 2.75) is 19.3 Å². The molecule has 0 saturated carbocycles. The second kappa shape index (κ2) is 9.05. The number of rotatable bonds is 7. The summed E-state index contributed by atoms with van der Waals surface area (Å²) in [7, 11) is 1.36. The molecule has 0 amide bonds. The quantitative estimate of drug-likeness (QED) is 0.474. The van der Waals surface area contributed by atoms with Gasteiger partial charge in [-0.05, 0) is 49.9 Å². The van der Waals surface area contributed by atoms with Gasteiger partial charge in [0.05, 0.1) is 12.7 Å². The molecule has 0 radical (unpaired) electrons. The number of hydrogen-bond acceptors (Lipinski definition) is 6. The zero-order chi connectivity index (χ0) is 20.1. The van der Waals surface area contributed by atoms with Crippen molar-refractivity contribution >= 4 is 22.8 Å². The first-order chi connectivity index (χ1) is 14.2. The van der Waals surface area contributed by atoms with E-state index >= 15 is 0 Å². The first kappa shape index (κ1) is 19.4. The van der Waals surface area contributed by atoms with Crippen molar-refractivity contribution in [1.82, 2.24) is 20.3 Å². The Morgan fingerprint density at radius 2 is 2.00 bits per heavy atom. The number of H-pyrrole nitrogens is 1. The molecule has 7 nitrogen and oxygen atoms in total. The van der Waals surface area contributed by atoms with Crippen molar-refractivity contribution < 1.29 is 9.53 Å². The lowest BCUT2D eigenvalue weighted by Crippen LogP contribution is -2.38. The summed E-state index contributed by atoms with van der Waals surface area (Å²) in [5.74, 6) is 0.945. The van der Waals surface area contributed by atoms with Crippen molar-refractivity contribution in [2.24, 2.45) is 5.92 Å². The van der Waals surface area contributed by atoms with Crippen LogP contribution in [0.4, 0.5) is 5.95 Å². The van der Waals surface area contributed by atoms with E-state index in [9.17, 15) is 4.79 Å². The van der Waals surface area contributed by atoms with Crippen LogP contribution >= 0.6 is 0 Å². The molecule has 2 aromatic heterocycles. The summed E-state index contributed by atoms with van der Waals surface area (Å²) in [6.07, 6.45) is 8.45. The number of carbonyl (C=O) groups excluding carboxylic acids is 1. The summed E-state index contributed by atoms with van der Waals surface area (Å²) in [5, 5.41) is 4.94. The van der Waals surface area contributed by atoms with E-state index in [4.69, 9.17) is 0 Å². The number of anilines is 1. The zero-order valence-electron chi connectivity index (χ0n) is 16.7. The number of esters is 1.